The summed E-state index contributed by atoms with van der Waals surface area (Å²) in [6.07, 6.45) is 0.822. The van der Waals surface area contributed by atoms with Gasteiger partial charge in [-0.25, -0.2) is 4.79 Å². The molecule has 0 N–H and O–H groups in total. The molecule has 0 saturated heterocycles. The zero-order valence-electron chi connectivity index (χ0n) is 16.2. The van der Waals surface area contributed by atoms with Crippen LogP contribution >= 0.6 is 0 Å². The first kappa shape index (κ1) is 19.4. The summed E-state index contributed by atoms with van der Waals surface area (Å²) in [5, 5.41) is 0. The highest BCUT2D eigenvalue weighted by Gasteiger charge is 2.20. The smallest absolute Gasteiger partial charge is 0.316 e. The van der Waals surface area contributed by atoms with Gasteiger partial charge in [-0.2, -0.15) is 0 Å². The fraction of sp³-hybridized carbons (Fsp3) is 0.167. The Morgan fingerprint density at radius 1 is 0.821 bits per heavy atom. The SMILES string of the molecule is Cc1ccc(CN(Cc2ccc(C=O)cc2)C(=O)N(C)c2ccccc2)cc1. The van der Waals surface area contributed by atoms with Crippen molar-refractivity contribution in [3.63, 3.8) is 0 Å². The molecule has 3 aromatic carbocycles. The van der Waals surface area contributed by atoms with Gasteiger partial charge in [-0.15, -0.1) is 0 Å². The predicted molar refractivity (Wildman–Crippen MR) is 112 cm³/mol. The van der Waals surface area contributed by atoms with Gasteiger partial charge in [0.1, 0.15) is 6.29 Å². The first-order valence-electron chi connectivity index (χ1n) is 9.24. The van der Waals surface area contributed by atoms with Gasteiger partial charge in [-0.3, -0.25) is 9.69 Å². The number of aldehydes is 1. The molecule has 3 rings (SSSR count). The van der Waals surface area contributed by atoms with Crippen LogP contribution in [0, 0.1) is 6.92 Å². The normalized spacial score (nSPS) is 10.4. The van der Waals surface area contributed by atoms with E-state index < -0.39 is 0 Å². The van der Waals surface area contributed by atoms with Crippen molar-refractivity contribution in [3.8, 4) is 0 Å². The maximum atomic E-state index is 13.2. The molecule has 0 bridgehead atoms. The summed E-state index contributed by atoms with van der Waals surface area (Å²) >= 11 is 0. The quantitative estimate of drug-likeness (QED) is 0.567. The van der Waals surface area contributed by atoms with Crippen LogP contribution in [0.2, 0.25) is 0 Å². The number of amides is 2. The summed E-state index contributed by atoms with van der Waals surface area (Å²) in [6, 6.07) is 25.1. The summed E-state index contributed by atoms with van der Waals surface area (Å²) in [7, 11) is 1.79. The summed E-state index contributed by atoms with van der Waals surface area (Å²) in [5.74, 6) is 0. The minimum atomic E-state index is -0.0776. The molecule has 3 aromatic rings. The van der Waals surface area contributed by atoms with Crippen molar-refractivity contribution in [2.24, 2.45) is 0 Å². The highest BCUT2D eigenvalue weighted by molar-refractivity contribution is 5.91. The molecular formula is C24H24N2O2. The Labute approximate surface area is 166 Å². The lowest BCUT2D eigenvalue weighted by Crippen LogP contribution is -2.40. The van der Waals surface area contributed by atoms with Crippen LogP contribution in [-0.4, -0.2) is 24.3 Å². The minimum Gasteiger partial charge on any atom is -0.316 e. The van der Waals surface area contributed by atoms with Crippen LogP contribution in [0.15, 0.2) is 78.9 Å². The van der Waals surface area contributed by atoms with Gasteiger partial charge in [0.2, 0.25) is 0 Å². The first-order chi connectivity index (χ1) is 13.6. The van der Waals surface area contributed by atoms with E-state index in [9.17, 15) is 9.59 Å². The standard InChI is InChI=1S/C24H24N2O2/c1-19-8-10-20(11-9-19)16-26(17-21-12-14-22(18-27)15-13-21)24(28)25(2)23-6-4-3-5-7-23/h3-15,18H,16-17H2,1-2H3. The summed E-state index contributed by atoms with van der Waals surface area (Å²) in [5.41, 5.74) is 4.71. The van der Waals surface area contributed by atoms with E-state index in [4.69, 9.17) is 0 Å². The molecule has 0 aliphatic heterocycles. The number of benzene rings is 3. The number of aryl methyl sites for hydroxylation is 1. The molecule has 0 fully saturated rings. The van der Waals surface area contributed by atoms with Crippen molar-refractivity contribution >= 4 is 18.0 Å². The van der Waals surface area contributed by atoms with Gasteiger partial charge in [0.25, 0.3) is 0 Å². The second kappa shape index (κ2) is 9.00. The molecule has 0 aromatic heterocycles. The van der Waals surface area contributed by atoms with Crippen LogP contribution in [0.1, 0.15) is 27.0 Å². The van der Waals surface area contributed by atoms with Crippen LogP contribution in [-0.2, 0) is 13.1 Å². The molecule has 28 heavy (non-hydrogen) atoms. The van der Waals surface area contributed by atoms with Crippen molar-refractivity contribution < 1.29 is 9.59 Å². The maximum Gasteiger partial charge on any atom is 0.324 e. The second-order valence-corrected chi connectivity index (χ2v) is 6.88. The van der Waals surface area contributed by atoms with Crippen molar-refractivity contribution in [1.29, 1.82) is 0 Å². The molecular weight excluding hydrogens is 348 g/mol. The monoisotopic (exact) mass is 372 g/mol. The van der Waals surface area contributed by atoms with Crippen LogP contribution in [0.25, 0.3) is 0 Å². The second-order valence-electron chi connectivity index (χ2n) is 6.88. The minimum absolute atomic E-state index is 0.0776. The molecule has 0 aliphatic rings. The fourth-order valence-corrected chi connectivity index (χ4v) is 3.00. The molecule has 0 heterocycles. The predicted octanol–water partition coefficient (Wildman–Crippen LogP) is 5.07. The number of urea groups is 1. The molecule has 0 atom stereocenters. The van der Waals surface area contributed by atoms with Crippen LogP contribution < -0.4 is 4.90 Å². The maximum absolute atomic E-state index is 13.2. The van der Waals surface area contributed by atoms with Crippen molar-refractivity contribution in [2.75, 3.05) is 11.9 Å². The number of anilines is 1. The Kier molecular flexibility index (Phi) is 6.22. The largest absolute Gasteiger partial charge is 0.324 e. The summed E-state index contributed by atoms with van der Waals surface area (Å²) < 4.78 is 0. The van der Waals surface area contributed by atoms with Gasteiger partial charge in [0.15, 0.2) is 0 Å². The van der Waals surface area contributed by atoms with Crippen LogP contribution in [0.5, 0.6) is 0 Å². The lowest BCUT2D eigenvalue weighted by Gasteiger charge is -2.28. The van der Waals surface area contributed by atoms with Crippen molar-refractivity contribution in [2.45, 2.75) is 20.0 Å². The third-order valence-corrected chi connectivity index (χ3v) is 4.68. The third kappa shape index (κ3) is 4.86. The molecule has 4 nitrogen and oxygen atoms in total. The fourth-order valence-electron chi connectivity index (χ4n) is 3.00. The van der Waals surface area contributed by atoms with Gasteiger partial charge < -0.3 is 4.90 Å². The Morgan fingerprint density at radius 2 is 1.36 bits per heavy atom. The number of rotatable bonds is 6. The van der Waals surface area contributed by atoms with Gasteiger partial charge in [0, 0.05) is 31.4 Å². The number of carbonyl (C=O) groups is 2. The van der Waals surface area contributed by atoms with Gasteiger partial charge in [-0.05, 0) is 30.2 Å². The highest BCUT2D eigenvalue weighted by Crippen LogP contribution is 2.18. The lowest BCUT2D eigenvalue weighted by molar-refractivity contribution is 0.112. The number of carbonyl (C=O) groups excluding carboxylic acids is 2. The molecule has 0 unspecified atom stereocenters. The average molecular weight is 372 g/mol. The van der Waals surface area contributed by atoms with Gasteiger partial charge >= 0.3 is 6.03 Å². The van der Waals surface area contributed by atoms with E-state index >= 15 is 0 Å². The first-order valence-corrected chi connectivity index (χ1v) is 9.24. The van der Waals surface area contributed by atoms with Gasteiger partial charge in [0.05, 0.1) is 0 Å². The van der Waals surface area contributed by atoms with E-state index in [-0.39, 0.29) is 6.03 Å². The zero-order valence-corrected chi connectivity index (χ0v) is 16.2. The lowest BCUT2D eigenvalue weighted by atomic mass is 10.1. The van der Waals surface area contributed by atoms with Crippen molar-refractivity contribution in [1.82, 2.24) is 4.90 Å². The molecule has 0 aliphatic carbocycles. The third-order valence-electron chi connectivity index (χ3n) is 4.68. The summed E-state index contributed by atoms with van der Waals surface area (Å²) in [4.78, 5) is 27.6. The van der Waals surface area contributed by atoms with E-state index in [1.54, 1.807) is 24.1 Å². The Morgan fingerprint density at radius 3 is 1.89 bits per heavy atom. The average Bonchev–Trinajstić information content (AvgIpc) is 2.75. The Hall–Kier alpha value is -3.40. The van der Waals surface area contributed by atoms with Gasteiger partial charge in [-0.1, -0.05) is 72.3 Å². The van der Waals surface area contributed by atoms with E-state index in [1.165, 1.54) is 5.56 Å². The molecule has 4 heteroatoms. The Balaban J connectivity index is 1.84. The van der Waals surface area contributed by atoms with E-state index in [1.807, 2.05) is 66.4 Å². The summed E-state index contributed by atoms with van der Waals surface area (Å²) in [6.45, 7) is 3.01. The molecule has 0 spiro atoms. The topological polar surface area (TPSA) is 40.6 Å². The molecule has 2 amide bonds. The number of para-hydroxylation sites is 1. The molecule has 0 saturated carbocycles. The van der Waals surface area contributed by atoms with E-state index in [2.05, 4.69) is 12.1 Å². The molecule has 142 valence electrons. The van der Waals surface area contributed by atoms with Crippen LogP contribution in [0.4, 0.5) is 10.5 Å². The van der Waals surface area contributed by atoms with E-state index in [0.29, 0.717) is 18.7 Å². The Bertz CT molecular complexity index is 919. The zero-order chi connectivity index (χ0) is 19.9. The van der Waals surface area contributed by atoms with Crippen molar-refractivity contribution in [3.05, 3.63) is 101 Å². The number of hydrogen-bond acceptors (Lipinski definition) is 2. The van der Waals surface area contributed by atoms with Crippen LogP contribution in [0.3, 0.4) is 0 Å². The number of hydrogen-bond donors (Lipinski definition) is 0. The highest BCUT2D eigenvalue weighted by atomic mass is 16.2. The van der Waals surface area contributed by atoms with E-state index in [0.717, 1.165) is 23.1 Å². The number of nitrogens with zero attached hydrogens (tertiary/aromatic N) is 2. The molecule has 0 radical (unpaired) electrons.